The molecule has 1 heterocycles. The van der Waals surface area contributed by atoms with E-state index in [1.807, 2.05) is 0 Å². The Balaban J connectivity index is 2.73. The van der Waals surface area contributed by atoms with Crippen LogP contribution >= 0.6 is 0 Å². The van der Waals surface area contributed by atoms with Crippen LogP contribution in [0, 0.1) is 10.1 Å². The summed E-state index contributed by atoms with van der Waals surface area (Å²) in [5, 5.41) is 14.7. The highest BCUT2D eigenvalue weighted by atomic mass is 16.6. The predicted molar refractivity (Wildman–Crippen MR) is 50.3 cm³/mol. The van der Waals surface area contributed by atoms with Crippen molar-refractivity contribution in [3.8, 4) is 0 Å². The van der Waals surface area contributed by atoms with Gasteiger partial charge in [0, 0.05) is 7.05 Å². The van der Waals surface area contributed by atoms with Gasteiger partial charge in [-0.3, -0.25) is 10.1 Å². The SMILES string of the molecule is CN(/N=C\c1ccc([N+](=O)[O-])o1)C(N)=O. The van der Waals surface area contributed by atoms with Gasteiger partial charge in [0.25, 0.3) is 0 Å². The van der Waals surface area contributed by atoms with E-state index in [1.54, 1.807) is 0 Å². The van der Waals surface area contributed by atoms with E-state index in [0.29, 0.717) is 0 Å². The lowest BCUT2D eigenvalue weighted by molar-refractivity contribution is -0.402. The number of carbonyl (C=O) groups excluding carboxylic acids is 1. The second kappa shape index (κ2) is 4.22. The number of nitro groups is 1. The second-order valence-electron chi connectivity index (χ2n) is 2.54. The van der Waals surface area contributed by atoms with Gasteiger partial charge in [-0.25, -0.2) is 9.80 Å². The van der Waals surface area contributed by atoms with Crippen molar-refractivity contribution in [2.45, 2.75) is 0 Å². The molecule has 0 aliphatic rings. The Bertz CT molecular complexity index is 411. The van der Waals surface area contributed by atoms with E-state index in [1.165, 1.54) is 19.2 Å². The molecule has 0 unspecified atom stereocenters. The summed E-state index contributed by atoms with van der Waals surface area (Å²) in [6.45, 7) is 0. The lowest BCUT2D eigenvalue weighted by Crippen LogP contribution is -2.27. The van der Waals surface area contributed by atoms with Crippen LogP contribution < -0.4 is 5.73 Å². The third-order valence-electron chi connectivity index (χ3n) is 1.47. The van der Waals surface area contributed by atoms with E-state index in [2.05, 4.69) is 5.10 Å². The molecular weight excluding hydrogens is 204 g/mol. The second-order valence-corrected chi connectivity index (χ2v) is 2.54. The average Bonchev–Trinajstić information content (AvgIpc) is 2.62. The fraction of sp³-hybridized carbons (Fsp3) is 0.143. The molecule has 0 aliphatic heterocycles. The van der Waals surface area contributed by atoms with Crippen molar-refractivity contribution in [1.82, 2.24) is 5.01 Å². The van der Waals surface area contributed by atoms with Crippen LogP contribution in [0.15, 0.2) is 21.7 Å². The number of primary amides is 1. The Morgan fingerprint density at radius 2 is 2.40 bits per heavy atom. The van der Waals surface area contributed by atoms with Gasteiger partial charge < -0.3 is 10.2 Å². The van der Waals surface area contributed by atoms with Crippen LogP contribution in [0.25, 0.3) is 0 Å². The van der Waals surface area contributed by atoms with E-state index in [0.717, 1.165) is 11.2 Å². The van der Waals surface area contributed by atoms with E-state index >= 15 is 0 Å². The molecule has 2 amide bonds. The summed E-state index contributed by atoms with van der Waals surface area (Å²) < 4.78 is 4.75. The third-order valence-corrected chi connectivity index (χ3v) is 1.47. The van der Waals surface area contributed by atoms with Gasteiger partial charge in [-0.2, -0.15) is 5.10 Å². The summed E-state index contributed by atoms with van der Waals surface area (Å²) in [6.07, 6.45) is 1.15. The number of carbonyl (C=O) groups is 1. The van der Waals surface area contributed by atoms with Crippen LogP contribution in [-0.4, -0.2) is 29.2 Å². The first-order valence-corrected chi connectivity index (χ1v) is 3.82. The highest BCUT2D eigenvalue weighted by Gasteiger charge is 2.10. The van der Waals surface area contributed by atoms with E-state index < -0.39 is 16.8 Å². The third kappa shape index (κ3) is 2.79. The van der Waals surface area contributed by atoms with Gasteiger partial charge >= 0.3 is 11.9 Å². The Morgan fingerprint density at radius 3 is 2.87 bits per heavy atom. The van der Waals surface area contributed by atoms with E-state index in [9.17, 15) is 14.9 Å². The van der Waals surface area contributed by atoms with Gasteiger partial charge in [-0.05, 0) is 6.07 Å². The topological polar surface area (TPSA) is 115 Å². The number of hydrazone groups is 1. The minimum atomic E-state index is -0.743. The molecule has 0 saturated heterocycles. The van der Waals surface area contributed by atoms with Crippen molar-refractivity contribution in [1.29, 1.82) is 0 Å². The number of nitrogens with two attached hydrogens (primary N) is 1. The van der Waals surface area contributed by atoms with Crippen LogP contribution in [0.1, 0.15) is 5.76 Å². The van der Waals surface area contributed by atoms with Gasteiger partial charge in [0.15, 0.2) is 5.76 Å². The average molecular weight is 212 g/mol. The molecule has 1 rings (SSSR count). The first kappa shape index (κ1) is 10.7. The summed E-state index contributed by atoms with van der Waals surface area (Å²) in [5.41, 5.74) is 4.89. The van der Waals surface area contributed by atoms with Crippen molar-refractivity contribution in [2.75, 3.05) is 7.05 Å². The number of hydrogen-bond acceptors (Lipinski definition) is 5. The van der Waals surface area contributed by atoms with Gasteiger partial charge in [0.1, 0.15) is 4.92 Å². The molecular formula is C7H8N4O4. The van der Waals surface area contributed by atoms with Crippen LogP contribution in [0.3, 0.4) is 0 Å². The lowest BCUT2D eigenvalue weighted by atomic mass is 10.5. The van der Waals surface area contributed by atoms with Crippen molar-refractivity contribution in [3.63, 3.8) is 0 Å². The van der Waals surface area contributed by atoms with E-state index in [4.69, 9.17) is 10.2 Å². The molecule has 8 nitrogen and oxygen atoms in total. The minimum absolute atomic E-state index is 0.162. The van der Waals surface area contributed by atoms with Gasteiger partial charge in [0.2, 0.25) is 0 Å². The molecule has 0 spiro atoms. The highest BCUT2D eigenvalue weighted by Crippen LogP contribution is 2.13. The molecule has 1 aromatic heterocycles. The van der Waals surface area contributed by atoms with E-state index in [-0.39, 0.29) is 5.76 Å². The monoisotopic (exact) mass is 212 g/mol. The molecule has 0 bridgehead atoms. The van der Waals surface area contributed by atoms with Gasteiger partial charge in [0.05, 0.1) is 12.3 Å². The zero-order valence-electron chi connectivity index (χ0n) is 7.78. The molecule has 0 atom stereocenters. The summed E-state index contributed by atoms with van der Waals surface area (Å²) in [5.74, 6) is -0.229. The zero-order valence-corrected chi connectivity index (χ0v) is 7.78. The number of amides is 2. The summed E-state index contributed by atoms with van der Waals surface area (Å²) >= 11 is 0. The largest absolute Gasteiger partial charge is 0.433 e. The highest BCUT2D eigenvalue weighted by molar-refractivity contribution is 5.78. The van der Waals surface area contributed by atoms with Crippen LogP contribution in [0.5, 0.6) is 0 Å². The van der Waals surface area contributed by atoms with Crippen molar-refractivity contribution in [2.24, 2.45) is 10.8 Å². The smallest absolute Gasteiger partial charge is 0.400 e. The normalized spacial score (nSPS) is 10.5. The number of furan rings is 1. The molecule has 80 valence electrons. The first-order chi connectivity index (χ1) is 7.00. The summed E-state index contributed by atoms with van der Waals surface area (Å²) in [6, 6.07) is 1.80. The number of urea groups is 1. The Kier molecular flexibility index (Phi) is 3.01. The van der Waals surface area contributed by atoms with Crippen molar-refractivity contribution >= 4 is 18.1 Å². The van der Waals surface area contributed by atoms with Crippen LogP contribution in [-0.2, 0) is 0 Å². The Labute approximate surface area is 84.1 Å². The number of hydrogen-bond donors (Lipinski definition) is 1. The summed E-state index contributed by atoms with van der Waals surface area (Å²) in [4.78, 5) is 20.1. The fourth-order valence-electron chi connectivity index (χ4n) is 0.710. The molecule has 15 heavy (non-hydrogen) atoms. The maximum absolute atomic E-state index is 10.5. The molecule has 2 N–H and O–H groups in total. The molecule has 0 aliphatic carbocycles. The predicted octanol–water partition coefficient (Wildman–Crippen LogP) is 0.532. The molecule has 0 saturated carbocycles. The number of nitrogens with zero attached hydrogens (tertiary/aromatic N) is 3. The molecule has 1 aromatic rings. The zero-order chi connectivity index (χ0) is 11.4. The van der Waals surface area contributed by atoms with Crippen LogP contribution in [0.2, 0.25) is 0 Å². The lowest BCUT2D eigenvalue weighted by Gasteiger charge is -2.04. The molecule has 8 heteroatoms. The van der Waals surface area contributed by atoms with Gasteiger partial charge in [-0.15, -0.1) is 0 Å². The first-order valence-electron chi connectivity index (χ1n) is 3.82. The summed E-state index contributed by atoms with van der Waals surface area (Å²) in [7, 11) is 1.34. The van der Waals surface area contributed by atoms with Crippen molar-refractivity contribution in [3.05, 3.63) is 28.0 Å². The maximum Gasteiger partial charge on any atom is 0.433 e. The Morgan fingerprint density at radius 1 is 1.73 bits per heavy atom. The minimum Gasteiger partial charge on any atom is -0.400 e. The fourth-order valence-corrected chi connectivity index (χ4v) is 0.710. The molecule has 0 aromatic carbocycles. The quantitative estimate of drug-likeness (QED) is 0.447. The Hall–Kier alpha value is -2.38. The van der Waals surface area contributed by atoms with Gasteiger partial charge in [-0.1, -0.05) is 0 Å². The molecule has 0 fully saturated rings. The number of rotatable bonds is 3. The maximum atomic E-state index is 10.5. The van der Waals surface area contributed by atoms with Crippen molar-refractivity contribution < 1.29 is 14.1 Å². The van der Waals surface area contributed by atoms with Crippen LogP contribution in [0.4, 0.5) is 10.7 Å². The molecule has 0 radical (unpaired) electrons. The standard InChI is InChI=1S/C7H8N4O4/c1-10(7(8)12)9-4-5-2-3-6(15-5)11(13)14/h2-4H,1H3,(H2,8,12)/b9-4-.